The highest BCUT2D eigenvalue weighted by atomic mass is 16.5. The molecule has 0 fully saturated rings. The summed E-state index contributed by atoms with van der Waals surface area (Å²) in [7, 11) is 0. The number of esters is 1. The summed E-state index contributed by atoms with van der Waals surface area (Å²) in [5.41, 5.74) is 2.88. The Hall–Kier alpha value is -2.82. The van der Waals surface area contributed by atoms with Gasteiger partial charge in [-0.3, -0.25) is 4.79 Å². The van der Waals surface area contributed by atoms with Crippen molar-refractivity contribution < 1.29 is 18.7 Å². The van der Waals surface area contributed by atoms with Crippen LogP contribution in [0.1, 0.15) is 32.2 Å². The summed E-state index contributed by atoms with van der Waals surface area (Å²) >= 11 is 0. The fourth-order valence-corrected chi connectivity index (χ4v) is 2.49. The van der Waals surface area contributed by atoms with Gasteiger partial charge in [-0.1, -0.05) is 18.2 Å². The number of ether oxygens (including phenoxy) is 1. The molecule has 0 atom stereocenters. The van der Waals surface area contributed by atoms with Crippen molar-refractivity contribution in [1.82, 2.24) is 4.98 Å². The van der Waals surface area contributed by atoms with Crippen LogP contribution >= 0.6 is 0 Å². The molecule has 0 radical (unpaired) electrons. The van der Waals surface area contributed by atoms with E-state index in [4.69, 9.17) is 9.15 Å². The van der Waals surface area contributed by atoms with E-state index in [1.54, 1.807) is 13.0 Å². The van der Waals surface area contributed by atoms with Crippen molar-refractivity contribution in [3.05, 3.63) is 59.2 Å². The highest BCUT2D eigenvalue weighted by Crippen LogP contribution is 2.22. The quantitative estimate of drug-likeness (QED) is 0.591. The molecule has 0 aliphatic heterocycles. The minimum atomic E-state index is -0.631. The molecule has 0 aliphatic rings. The van der Waals surface area contributed by atoms with Gasteiger partial charge in [0.2, 0.25) is 11.5 Å². The first kappa shape index (κ1) is 14.1. The van der Waals surface area contributed by atoms with Gasteiger partial charge in [0.25, 0.3) is 0 Å². The van der Waals surface area contributed by atoms with Crippen LogP contribution in [0.4, 0.5) is 0 Å². The zero-order chi connectivity index (χ0) is 15.7. The van der Waals surface area contributed by atoms with Gasteiger partial charge in [-0.25, -0.2) is 4.79 Å². The third-order valence-corrected chi connectivity index (χ3v) is 3.55. The summed E-state index contributed by atoms with van der Waals surface area (Å²) in [5.74, 6) is -0.746. The number of rotatable bonds is 4. The summed E-state index contributed by atoms with van der Waals surface area (Å²) in [6.07, 6.45) is 1.41. The van der Waals surface area contributed by atoms with Crippen LogP contribution in [0.25, 0.3) is 10.9 Å². The molecule has 0 bridgehead atoms. The van der Waals surface area contributed by atoms with Gasteiger partial charge in [-0.05, 0) is 26.0 Å². The molecule has 1 aromatic carbocycles. The molecule has 0 unspecified atom stereocenters. The number of ketones is 1. The smallest absolute Gasteiger partial charge is 0.374 e. The topological polar surface area (TPSA) is 72.3 Å². The highest BCUT2D eigenvalue weighted by molar-refractivity contribution is 6.10. The lowest BCUT2D eigenvalue weighted by Crippen LogP contribution is -2.15. The number of fused-ring (bicyclic) bond motifs is 1. The number of carbonyl (C=O) groups excluding carboxylic acids is 2. The minimum absolute atomic E-state index is 0.128. The second-order valence-corrected chi connectivity index (χ2v) is 5.10. The van der Waals surface area contributed by atoms with Gasteiger partial charge in [-0.2, -0.15) is 0 Å². The number of aromatic nitrogens is 1. The maximum absolute atomic E-state index is 12.4. The van der Waals surface area contributed by atoms with E-state index in [9.17, 15) is 9.59 Å². The fraction of sp³-hybridized carbons (Fsp3) is 0.176. The van der Waals surface area contributed by atoms with Crippen molar-refractivity contribution in [3.8, 4) is 0 Å². The Morgan fingerprint density at radius 1 is 1.18 bits per heavy atom. The van der Waals surface area contributed by atoms with Crippen LogP contribution in [0.3, 0.4) is 0 Å². The first-order valence-corrected chi connectivity index (χ1v) is 6.89. The molecule has 5 heteroatoms. The number of carbonyl (C=O) groups is 2. The molecular weight excluding hydrogens is 282 g/mol. The first-order valence-electron chi connectivity index (χ1n) is 6.89. The molecule has 0 saturated carbocycles. The summed E-state index contributed by atoms with van der Waals surface area (Å²) in [4.78, 5) is 27.4. The van der Waals surface area contributed by atoms with Crippen molar-refractivity contribution in [2.24, 2.45) is 0 Å². The average molecular weight is 297 g/mol. The van der Waals surface area contributed by atoms with Crippen LogP contribution in [-0.2, 0) is 4.74 Å². The van der Waals surface area contributed by atoms with Crippen molar-refractivity contribution >= 4 is 22.7 Å². The largest absolute Gasteiger partial charge is 0.457 e. The number of furan rings is 1. The zero-order valence-electron chi connectivity index (χ0n) is 12.3. The van der Waals surface area contributed by atoms with E-state index in [-0.39, 0.29) is 18.2 Å². The van der Waals surface area contributed by atoms with Crippen molar-refractivity contribution in [2.75, 3.05) is 6.61 Å². The van der Waals surface area contributed by atoms with Crippen molar-refractivity contribution in [1.29, 1.82) is 0 Å². The highest BCUT2D eigenvalue weighted by Gasteiger charge is 2.20. The van der Waals surface area contributed by atoms with Gasteiger partial charge in [-0.15, -0.1) is 0 Å². The Morgan fingerprint density at radius 3 is 2.68 bits per heavy atom. The van der Waals surface area contributed by atoms with Gasteiger partial charge < -0.3 is 14.1 Å². The number of aryl methyl sites for hydroxylation is 2. The van der Waals surface area contributed by atoms with Crippen molar-refractivity contribution in [3.63, 3.8) is 0 Å². The number of H-pyrrole nitrogens is 1. The molecule has 3 rings (SSSR count). The number of nitrogens with one attached hydrogen (secondary N) is 1. The van der Waals surface area contributed by atoms with Crippen LogP contribution in [0.15, 0.2) is 41.0 Å². The number of hydrogen-bond donors (Lipinski definition) is 1. The standard InChI is InChI=1S/C17H15NO4/c1-10-7-8-21-16(10)17(20)22-9-14(19)15-11(2)18-13-6-4-3-5-12(13)15/h3-8,18H,9H2,1-2H3. The molecule has 1 N–H and O–H groups in total. The summed E-state index contributed by atoms with van der Waals surface area (Å²) in [6, 6.07) is 9.20. The maximum Gasteiger partial charge on any atom is 0.374 e. The van der Waals surface area contributed by atoms with E-state index in [1.807, 2.05) is 31.2 Å². The molecule has 0 amide bonds. The van der Waals surface area contributed by atoms with Gasteiger partial charge in [0.05, 0.1) is 6.26 Å². The molecule has 0 spiro atoms. The average Bonchev–Trinajstić information content (AvgIpc) is 3.06. The Bertz CT molecular complexity index is 857. The predicted octanol–water partition coefficient (Wildman–Crippen LogP) is 3.42. The maximum atomic E-state index is 12.4. The Balaban J connectivity index is 1.78. The third-order valence-electron chi connectivity index (χ3n) is 3.55. The van der Waals surface area contributed by atoms with Gasteiger partial charge in [0.15, 0.2) is 6.61 Å². The molecule has 0 saturated heterocycles. The van der Waals surface area contributed by atoms with Crippen LogP contribution in [0, 0.1) is 13.8 Å². The number of Topliss-reactive ketones (excluding diaryl/α,β-unsaturated/α-hetero) is 1. The molecule has 5 nitrogen and oxygen atoms in total. The predicted molar refractivity (Wildman–Crippen MR) is 81.1 cm³/mol. The Morgan fingerprint density at radius 2 is 1.95 bits per heavy atom. The molecule has 0 aliphatic carbocycles. The number of hydrogen-bond acceptors (Lipinski definition) is 4. The molecule has 2 aromatic heterocycles. The van der Waals surface area contributed by atoms with Crippen LogP contribution in [0.5, 0.6) is 0 Å². The van der Waals surface area contributed by atoms with Gasteiger partial charge in [0, 0.05) is 27.7 Å². The van der Waals surface area contributed by atoms with Crippen LogP contribution in [0.2, 0.25) is 0 Å². The first-order chi connectivity index (χ1) is 10.6. The summed E-state index contributed by atoms with van der Waals surface area (Å²) in [5, 5.41) is 0.829. The van der Waals surface area contributed by atoms with Gasteiger partial charge >= 0.3 is 5.97 Å². The molecule has 22 heavy (non-hydrogen) atoms. The molecular formula is C17H15NO4. The SMILES string of the molecule is Cc1ccoc1C(=O)OCC(=O)c1c(C)[nH]c2ccccc12. The summed E-state index contributed by atoms with van der Waals surface area (Å²) < 4.78 is 10.1. The summed E-state index contributed by atoms with van der Waals surface area (Å²) in [6.45, 7) is 3.25. The molecule has 3 aromatic rings. The molecule has 112 valence electrons. The van der Waals surface area contributed by atoms with E-state index >= 15 is 0 Å². The number of para-hydroxylation sites is 1. The van der Waals surface area contributed by atoms with Crippen LogP contribution in [-0.4, -0.2) is 23.3 Å². The van der Waals surface area contributed by atoms with E-state index in [2.05, 4.69) is 4.98 Å². The Kier molecular flexibility index (Phi) is 3.55. The van der Waals surface area contributed by atoms with Crippen molar-refractivity contribution in [2.45, 2.75) is 13.8 Å². The van der Waals surface area contributed by atoms with Crippen LogP contribution < -0.4 is 0 Å². The fourth-order valence-electron chi connectivity index (χ4n) is 2.49. The van der Waals surface area contributed by atoms with E-state index < -0.39 is 5.97 Å². The zero-order valence-corrected chi connectivity index (χ0v) is 12.3. The lowest BCUT2D eigenvalue weighted by molar-refractivity contribution is 0.0443. The minimum Gasteiger partial charge on any atom is -0.457 e. The number of benzene rings is 1. The van der Waals surface area contributed by atoms with E-state index in [0.29, 0.717) is 11.1 Å². The van der Waals surface area contributed by atoms with Gasteiger partial charge in [0.1, 0.15) is 0 Å². The lowest BCUT2D eigenvalue weighted by Gasteiger charge is -2.03. The monoisotopic (exact) mass is 297 g/mol. The normalized spacial score (nSPS) is 10.8. The lowest BCUT2D eigenvalue weighted by atomic mass is 10.1. The second-order valence-electron chi connectivity index (χ2n) is 5.10. The second kappa shape index (κ2) is 5.52. The third kappa shape index (κ3) is 2.41. The van der Waals surface area contributed by atoms with E-state index in [0.717, 1.165) is 16.6 Å². The Labute approximate surface area is 126 Å². The van der Waals surface area contributed by atoms with E-state index in [1.165, 1.54) is 6.26 Å². The molecule has 2 heterocycles. The number of aromatic amines is 1.